The summed E-state index contributed by atoms with van der Waals surface area (Å²) in [7, 11) is 0. The quantitative estimate of drug-likeness (QED) is 0.469. The van der Waals surface area contributed by atoms with E-state index in [1.54, 1.807) is 24.5 Å². The number of halogens is 1. The lowest BCUT2D eigenvalue weighted by Gasteiger charge is -2.31. The average molecular weight is 390 g/mol. The molecule has 0 bridgehead atoms. The molecular formula is C14H23IN4O. The minimum absolute atomic E-state index is 0. The first-order valence-corrected chi connectivity index (χ1v) is 6.79. The van der Waals surface area contributed by atoms with Gasteiger partial charge in [0.1, 0.15) is 0 Å². The van der Waals surface area contributed by atoms with Crippen molar-refractivity contribution in [2.75, 3.05) is 19.6 Å². The summed E-state index contributed by atoms with van der Waals surface area (Å²) in [5, 5.41) is 10.0. The number of hydrogen-bond acceptors (Lipinski definition) is 3. The molecule has 0 radical (unpaired) electrons. The van der Waals surface area contributed by atoms with E-state index >= 15 is 0 Å². The van der Waals surface area contributed by atoms with Gasteiger partial charge in [-0.3, -0.25) is 9.98 Å². The lowest BCUT2D eigenvalue weighted by atomic mass is 10.00. The number of likely N-dealkylation sites (tertiary alicyclic amines) is 1. The summed E-state index contributed by atoms with van der Waals surface area (Å²) >= 11 is 0. The first-order valence-electron chi connectivity index (χ1n) is 6.79. The standard InChI is InChI=1S/C14H22N4O.HI/c1-11-4-8-18(9-5-11)14(15)17-10-13(19)12-2-6-16-7-3-12;/h2-3,6-7,11,13,19H,4-5,8-10H2,1H3,(H2,15,17);1H. The minimum Gasteiger partial charge on any atom is -0.386 e. The number of aromatic nitrogens is 1. The maximum Gasteiger partial charge on any atom is 0.191 e. The predicted octanol–water partition coefficient (Wildman–Crippen LogP) is 1.78. The summed E-state index contributed by atoms with van der Waals surface area (Å²) in [5.74, 6) is 1.31. The normalized spacial score (nSPS) is 18.5. The summed E-state index contributed by atoms with van der Waals surface area (Å²) in [5.41, 5.74) is 6.79. The molecule has 3 N–H and O–H groups in total. The summed E-state index contributed by atoms with van der Waals surface area (Å²) in [6, 6.07) is 3.58. The summed E-state index contributed by atoms with van der Waals surface area (Å²) in [4.78, 5) is 10.3. The first-order chi connectivity index (χ1) is 9.16. The van der Waals surface area contributed by atoms with E-state index in [4.69, 9.17) is 5.73 Å². The molecule has 112 valence electrons. The van der Waals surface area contributed by atoms with E-state index in [9.17, 15) is 5.11 Å². The van der Waals surface area contributed by atoms with Crippen molar-refractivity contribution in [3.05, 3.63) is 30.1 Å². The number of aliphatic imine (C=N–C) groups is 1. The van der Waals surface area contributed by atoms with E-state index < -0.39 is 6.10 Å². The summed E-state index contributed by atoms with van der Waals surface area (Å²) in [6.07, 6.45) is 5.02. The summed E-state index contributed by atoms with van der Waals surface area (Å²) < 4.78 is 0. The Morgan fingerprint density at radius 2 is 2.05 bits per heavy atom. The van der Waals surface area contributed by atoms with Gasteiger partial charge < -0.3 is 15.7 Å². The highest BCUT2D eigenvalue weighted by Gasteiger charge is 2.17. The van der Waals surface area contributed by atoms with Crippen molar-refractivity contribution in [3.63, 3.8) is 0 Å². The minimum atomic E-state index is -0.620. The number of guanidine groups is 1. The zero-order valence-electron chi connectivity index (χ0n) is 11.8. The number of piperidine rings is 1. The molecule has 2 heterocycles. The second-order valence-corrected chi connectivity index (χ2v) is 5.16. The van der Waals surface area contributed by atoms with Crippen LogP contribution in [0.5, 0.6) is 0 Å². The third kappa shape index (κ3) is 4.90. The van der Waals surface area contributed by atoms with Crippen LogP contribution in [0, 0.1) is 5.92 Å². The Balaban J connectivity index is 0.00000200. The Morgan fingerprint density at radius 1 is 1.45 bits per heavy atom. The molecular weight excluding hydrogens is 367 g/mol. The van der Waals surface area contributed by atoms with Crippen LogP contribution in [0.1, 0.15) is 31.4 Å². The lowest BCUT2D eigenvalue weighted by molar-refractivity contribution is 0.186. The molecule has 1 aromatic heterocycles. The van der Waals surface area contributed by atoms with E-state index in [1.807, 2.05) is 0 Å². The van der Waals surface area contributed by atoms with Gasteiger partial charge in [-0.1, -0.05) is 6.92 Å². The fourth-order valence-electron chi connectivity index (χ4n) is 2.21. The van der Waals surface area contributed by atoms with Gasteiger partial charge in [-0.05, 0) is 36.5 Å². The van der Waals surface area contributed by atoms with Gasteiger partial charge in [-0.15, -0.1) is 24.0 Å². The fourth-order valence-corrected chi connectivity index (χ4v) is 2.21. The fraction of sp³-hybridized carbons (Fsp3) is 0.571. The van der Waals surface area contributed by atoms with Crippen LogP contribution in [0.2, 0.25) is 0 Å². The second-order valence-electron chi connectivity index (χ2n) is 5.16. The highest BCUT2D eigenvalue weighted by Crippen LogP contribution is 2.16. The Hall–Kier alpha value is -0.890. The Morgan fingerprint density at radius 3 is 2.65 bits per heavy atom. The molecule has 2 rings (SSSR count). The van der Waals surface area contributed by atoms with Crippen molar-refractivity contribution in [2.24, 2.45) is 16.6 Å². The molecule has 1 aliphatic heterocycles. The average Bonchev–Trinajstić information content (AvgIpc) is 2.46. The first kappa shape index (κ1) is 17.2. The van der Waals surface area contributed by atoms with E-state index in [1.165, 1.54) is 0 Å². The number of nitrogens with zero attached hydrogens (tertiary/aromatic N) is 3. The van der Waals surface area contributed by atoms with E-state index in [2.05, 4.69) is 21.8 Å². The molecule has 1 atom stereocenters. The van der Waals surface area contributed by atoms with Crippen LogP contribution in [0.25, 0.3) is 0 Å². The molecule has 0 aliphatic carbocycles. The van der Waals surface area contributed by atoms with Crippen LogP contribution in [-0.2, 0) is 0 Å². The van der Waals surface area contributed by atoms with E-state index in [-0.39, 0.29) is 24.0 Å². The molecule has 0 aromatic carbocycles. The van der Waals surface area contributed by atoms with Crippen molar-refractivity contribution >= 4 is 29.9 Å². The van der Waals surface area contributed by atoms with Crippen molar-refractivity contribution in [1.29, 1.82) is 0 Å². The maximum atomic E-state index is 10.0. The number of nitrogens with two attached hydrogens (primary N) is 1. The van der Waals surface area contributed by atoms with Gasteiger partial charge >= 0.3 is 0 Å². The number of rotatable bonds is 3. The summed E-state index contributed by atoms with van der Waals surface area (Å²) in [6.45, 7) is 4.48. The van der Waals surface area contributed by atoms with Crippen molar-refractivity contribution in [2.45, 2.75) is 25.9 Å². The predicted molar refractivity (Wildman–Crippen MR) is 91.1 cm³/mol. The largest absolute Gasteiger partial charge is 0.386 e. The molecule has 0 amide bonds. The highest BCUT2D eigenvalue weighted by molar-refractivity contribution is 14.0. The maximum absolute atomic E-state index is 10.0. The number of pyridine rings is 1. The zero-order valence-corrected chi connectivity index (χ0v) is 14.1. The molecule has 20 heavy (non-hydrogen) atoms. The van der Waals surface area contributed by atoms with Crippen LogP contribution in [0.3, 0.4) is 0 Å². The van der Waals surface area contributed by atoms with Crippen LogP contribution >= 0.6 is 24.0 Å². The van der Waals surface area contributed by atoms with Crippen molar-refractivity contribution in [1.82, 2.24) is 9.88 Å². The third-order valence-corrected chi connectivity index (χ3v) is 3.62. The van der Waals surface area contributed by atoms with Crippen molar-refractivity contribution in [3.8, 4) is 0 Å². The van der Waals surface area contributed by atoms with Crippen molar-refractivity contribution < 1.29 is 5.11 Å². The third-order valence-electron chi connectivity index (χ3n) is 3.62. The van der Waals surface area contributed by atoms with Gasteiger partial charge in [-0.25, -0.2) is 0 Å². The number of aliphatic hydroxyl groups excluding tert-OH is 1. The molecule has 1 fully saturated rings. The monoisotopic (exact) mass is 390 g/mol. The van der Waals surface area contributed by atoms with Gasteiger partial charge in [0.05, 0.1) is 12.6 Å². The topological polar surface area (TPSA) is 74.7 Å². The van der Waals surface area contributed by atoms with Crippen LogP contribution in [-0.4, -0.2) is 40.6 Å². The molecule has 1 unspecified atom stereocenters. The number of hydrogen-bond donors (Lipinski definition) is 2. The van der Waals surface area contributed by atoms with Gasteiger partial charge in [-0.2, -0.15) is 0 Å². The van der Waals surface area contributed by atoms with Gasteiger partial charge in [0, 0.05) is 25.5 Å². The van der Waals surface area contributed by atoms with Crippen LogP contribution in [0.15, 0.2) is 29.5 Å². The molecule has 1 aliphatic rings. The second kappa shape index (κ2) is 8.41. The van der Waals surface area contributed by atoms with Gasteiger partial charge in [0.25, 0.3) is 0 Å². The van der Waals surface area contributed by atoms with E-state index in [0.717, 1.165) is 37.4 Å². The number of aliphatic hydroxyl groups is 1. The molecule has 0 saturated carbocycles. The molecule has 1 saturated heterocycles. The van der Waals surface area contributed by atoms with Crippen LogP contribution in [0.4, 0.5) is 0 Å². The van der Waals surface area contributed by atoms with Gasteiger partial charge in [0.15, 0.2) is 5.96 Å². The van der Waals surface area contributed by atoms with E-state index in [0.29, 0.717) is 12.5 Å². The smallest absolute Gasteiger partial charge is 0.191 e. The lowest BCUT2D eigenvalue weighted by Crippen LogP contribution is -2.42. The molecule has 5 nitrogen and oxygen atoms in total. The van der Waals surface area contributed by atoms with Crippen LogP contribution < -0.4 is 5.73 Å². The Labute approximate surface area is 137 Å². The Bertz CT molecular complexity index is 418. The Kier molecular flexibility index (Phi) is 7.22. The molecule has 1 aromatic rings. The van der Waals surface area contributed by atoms with Gasteiger partial charge in [0.2, 0.25) is 0 Å². The SMILES string of the molecule is CC1CCN(C(N)=NCC(O)c2ccncc2)CC1.I. The molecule has 0 spiro atoms. The zero-order chi connectivity index (χ0) is 13.7. The molecule has 6 heteroatoms. The highest BCUT2D eigenvalue weighted by atomic mass is 127.